The summed E-state index contributed by atoms with van der Waals surface area (Å²) in [5.74, 6) is -1.66. The van der Waals surface area contributed by atoms with Gasteiger partial charge < -0.3 is 5.11 Å². The molecule has 0 aliphatic carbocycles. The van der Waals surface area contributed by atoms with E-state index in [9.17, 15) is 14.3 Å². The van der Waals surface area contributed by atoms with Gasteiger partial charge in [0.15, 0.2) is 5.78 Å². The first-order chi connectivity index (χ1) is 10.6. The van der Waals surface area contributed by atoms with E-state index in [2.05, 4.69) is 4.99 Å². The van der Waals surface area contributed by atoms with Crippen molar-refractivity contribution < 1.29 is 14.3 Å². The van der Waals surface area contributed by atoms with Gasteiger partial charge in [0.1, 0.15) is 5.82 Å². The second-order valence-electron chi connectivity index (χ2n) is 5.30. The zero-order valence-electron chi connectivity index (χ0n) is 12.2. The number of benzene rings is 2. The van der Waals surface area contributed by atoms with Crippen LogP contribution < -0.4 is 0 Å². The van der Waals surface area contributed by atoms with Gasteiger partial charge in [-0.2, -0.15) is 0 Å². The second-order valence-corrected chi connectivity index (χ2v) is 5.30. The minimum absolute atomic E-state index is 0.00315. The van der Waals surface area contributed by atoms with E-state index in [0.717, 1.165) is 0 Å². The molecule has 0 saturated heterocycles. The highest BCUT2D eigenvalue weighted by Gasteiger charge is 2.37. The smallest absolute Gasteiger partial charge is 0.181 e. The highest BCUT2D eigenvalue weighted by atomic mass is 19.1. The summed E-state index contributed by atoms with van der Waals surface area (Å²) in [4.78, 5) is 17.2. The van der Waals surface area contributed by atoms with Crippen LogP contribution in [0.25, 0.3) is 0 Å². The Bertz CT molecular complexity index is 740. The molecular formula is C18H16FNO2. The summed E-state index contributed by atoms with van der Waals surface area (Å²) >= 11 is 0. The summed E-state index contributed by atoms with van der Waals surface area (Å²) in [6.45, 7) is 1.82. The first-order valence-electron chi connectivity index (χ1n) is 7.27. The Morgan fingerprint density at radius 2 is 1.91 bits per heavy atom. The molecule has 2 aromatic rings. The molecule has 0 amide bonds. The highest BCUT2D eigenvalue weighted by molar-refractivity contribution is 6.22. The van der Waals surface area contributed by atoms with Gasteiger partial charge in [-0.05, 0) is 24.1 Å². The van der Waals surface area contributed by atoms with Crippen LogP contribution in [0, 0.1) is 5.82 Å². The summed E-state index contributed by atoms with van der Waals surface area (Å²) in [5.41, 5.74) is 1.40. The maximum atomic E-state index is 14.1. The summed E-state index contributed by atoms with van der Waals surface area (Å²) in [7, 11) is 0. The molecule has 1 aliphatic rings. The van der Waals surface area contributed by atoms with Crippen LogP contribution in [-0.4, -0.2) is 22.7 Å². The highest BCUT2D eigenvalue weighted by Crippen LogP contribution is 2.36. The van der Waals surface area contributed by atoms with Crippen molar-refractivity contribution in [2.24, 2.45) is 4.99 Å². The normalized spacial score (nSPS) is 18.6. The molecule has 1 N–H and O–H groups in total. The lowest BCUT2D eigenvalue weighted by Crippen LogP contribution is -2.34. The van der Waals surface area contributed by atoms with Gasteiger partial charge in [-0.15, -0.1) is 0 Å². The number of nitrogens with zero attached hydrogens (tertiary/aromatic N) is 1. The lowest BCUT2D eigenvalue weighted by molar-refractivity contribution is 0.0971. The minimum atomic E-state index is -0.828. The zero-order chi connectivity index (χ0) is 15.7. The van der Waals surface area contributed by atoms with Crippen molar-refractivity contribution in [2.75, 3.05) is 0 Å². The first-order valence-corrected chi connectivity index (χ1v) is 7.27. The number of aliphatic hydroxyl groups excluding tert-OH is 1. The monoisotopic (exact) mass is 297 g/mol. The third kappa shape index (κ3) is 2.35. The number of halogens is 1. The molecule has 1 heterocycles. The topological polar surface area (TPSA) is 49.7 Å². The predicted molar refractivity (Wildman–Crippen MR) is 83.3 cm³/mol. The van der Waals surface area contributed by atoms with Crippen LogP contribution in [0.4, 0.5) is 10.1 Å². The SMILES string of the molecule is CCC(O)C1=Nc2cccc(F)c2C(=O)C1c1ccccc1. The minimum Gasteiger partial charge on any atom is -0.387 e. The second kappa shape index (κ2) is 5.81. The van der Waals surface area contributed by atoms with E-state index in [4.69, 9.17) is 0 Å². The van der Waals surface area contributed by atoms with Gasteiger partial charge in [-0.25, -0.2) is 4.39 Å². The number of carbonyl (C=O) groups is 1. The average Bonchev–Trinajstić information content (AvgIpc) is 2.54. The molecule has 1 aliphatic heterocycles. The molecule has 112 valence electrons. The number of hydrogen-bond acceptors (Lipinski definition) is 3. The standard InChI is InChI=1S/C18H16FNO2/c1-2-14(21)17-15(11-7-4-3-5-8-11)18(22)16-12(19)9-6-10-13(16)20-17/h3-10,14-15,21H,2H2,1H3. The van der Waals surface area contributed by atoms with E-state index in [1.807, 2.05) is 25.1 Å². The van der Waals surface area contributed by atoms with Crippen molar-refractivity contribution in [3.05, 3.63) is 65.5 Å². The maximum Gasteiger partial charge on any atom is 0.181 e. The fourth-order valence-corrected chi connectivity index (χ4v) is 2.78. The number of carbonyl (C=O) groups excluding carboxylic acids is 1. The lowest BCUT2D eigenvalue weighted by Gasteiger charge is -2.27. The first kappa shape index (κ1) is 14.6. The van der Waals surface area contributed by atoms with Gasteiger partial charge >= 0.3 is 0 Å². The summed E-state index contributed by atoms with van der Waals surface area (Å²) in [6, 6.07) is 13.4. The molecule has 4 heteroatoms. The van der Waals surface area contributed by atoms with Crippen LogP contribution in [0.15, 0.2) is 53.5 Å². The van der Waals surface area contributed by atoms with Crippen molar-refractivity contribution in [3.63, 3.8) is 0 Å². The van der Waals surface area contributed by atoms with Gasteiger partial charge in [-0.1, -0.05) is 43.3 Å². The number of ketones is 1. The van der Waals surface area contributed by atoms with E-state index in [1.165, 1.54) is 12.1 Å². The third-order valence-corrected chi connectivity index (χ3v) is 3.91. The quantitative estimate of drug-likeness (QED) is 0.940. The Morgan fingerprint density at radius 3 is 2.59 bits per heavy atom. The Hall–Kier alpha value is -2.33. The molecule has 0 fully saturated rings. The van der Waals surface area contributed by atoms with Crippen molar-refractivity contribution >= 4 is 17.2 Å². The lowest BCUT2D eigenvalue weighted by atomic mass is 9.81. The predicted octanol–water partition coefficient (Wildman–Crippen LogP) is 3.65. The molecule has 0 radical (unpaired) electrons. The molecule has 2 aromatic carbocycles. The molecule has 0 aromatic heterocycles. The summed E-state index contributed by atoms with van der Waals surface area (Å²) in [6.07, 6.45) is -0.384. The molecule has 2 atom stereocenters. The van der Waals surface area contributed by atoms with Crippen LogP contribution >= 0.6 is 0 Å². The van der Waals surface area contributed by atoms with Gasteiger partial charge in [0, 0.05) is 0 Å². The molecule has 0 bridgehead atoms. The van der Waals surface area contributed by atoms with Crippen molar-refractivity contribution in [1.29, 1.82) is 0 Å². The number of aliphatic imine (C=N–C) groups is 1. The Labute approximate surface area is 128 Å². The molecule has 3 nitrogen and oxygen atoms in total. The van der Waals surface area contributed by atoms with E-state index in [0.29, 0.717) is 23.4 Å². The van der Waals surface area contributed by atoms with Crippen molar-refractivity contribution in [3.8, 4) is 0 Å². The van der Waals surface area contributed by atoms with Crippen molar-refractivity contribution in [1.82, 2.24) is 0 Å². The molecule has 0 spiro atoms. The molecule has 2 unspecified atom stereocenters. The van der Waals surface area contributed by atoms with E-state index < -0.39 is 17.8 Å². The van der Waals surface area contributed by atoms with Crippen LogP contribution in [0.3, 0.4) is 0 Å². The number of Topliss-reactive ketones (excluding diaryl/α,β-unsaturated/α-hetero) is 1. The van der Waals surface area contributed by atoms with Crippen LogP contribution in [-0.2, 0) is 0 Å². The largest absolute Gasteiger partial charge is 0.387 e. The average molecular weight is 297 g/mol. The fraction of sp³-hybridized carbons (Fsp3) is 0.222. The summed E-state index contributed by atoms with van der Waals surface area (Å²) in [5, 5.41) is 10.3. The van der Waals surface area contributed by atoms with Gasteiger partial charge in [0.25, 0.3) is 0 Å². The van der Waals surface area contributed by atoms with E-state index in [1.54, 1.807) is 18.2 Å². The van der Waals surface area contributed by atoms with Crippen LogP contribution in [0.5, 0.6) is 0 Å². The van der Waals surface area contributed by atoms with Crippen LogP contribution in [0.1, 0.15) is 35.2 Å². The van der Waals surface area contributed by atoms with Crippen molar-refractivity contribution in [2.45, 2.75) is 25.4 Å². The third-order valence-electron chi connectivity index (χ3n) is 3.91. The van der Waals surface area contributed by atoms with Gasteiger partial charge in [0.05, 0.1) is 29.0 Å². The van der Waals surface area contributed by atoms with Gasteiger partial charge in [0.2, 0.25) is 0 Å². The molecular weight excluding hydrogens is 281 g/mol. The Balaban J connectivity index is 2.21. The molecule has 0 saturated carbocycles. The molecule has 22 heavy (non-hydrogen) atoms. The molecule has 3 rings (SSSR count). The van der Waals surface area contributed by atoms with Crippen LogP contribution in [0.2, 0.25) is 0 Å². The van der Waals surface area contributed by atoms with Gasteiger partial charge in [-0.3, -0.25) is 9.79 Å². The maximum absolute atomic E-state index is 14.1. The fourth-order valence-electron chi connectivity index (χ4n) is 2.78. The number of aliphatic hydroxyl groups is 1. The Kier molecular flexibility index (Phi) is 3.86. The number of hydrogen-bond donors (Lipinski definition) is 1. The van der Waals surface area contributed by atoms with E-state index >= 15 is 0 Å². The number of rotatable bonds is 3. The summed E-state index contributed by atoms with van der Waals surface area (Å²) < 4.78 is 14.1. The zero-order valence-corrected chi connectivity index (χ0v) is 12.2. The number of fused-ring (bicyclic) bond motifs is 1. The Morgan fingerprint density at radius 1 is 1.18 bits per heavy atom. The van der Waals surface area contributed by atoms with E-state index in [-0.39, 0.29) is 11.3 Å².